The average Bonchev–Trinajstić information content (AvgIpc) is 3.39. The van der Waals surface area contributed by atoms with Gasteiger partial charge in [0.2, 0.25) is 5.95 Å². The van der Waals surface area contributed by atoms with Crippen molar-refractivity contribution in [3.63, 3.8) is 0 Å². The van der Waals surface area contributed by atoms with E-state index >= 15 is 0 Å². The van der Waals surface area contributed by atoms with E-state index in [9.17, 15) is 4.89 Å². The predicted octanol–water partition coefficient (Wildman–Crippen LogP) is 2.74. The van der Waals surface area contributed by atoms with E-state index in [0.29, 0.717) is 12.3 Å². The van der Waals surface area contributed by atoms with E-state index in [1.165, 1.54) is 0 Å². The SMILES string of the molecule is CC1CC(COP(O)OC2CCCC2)OC1n1cnc2c(N3CCC3)nc(N)nc21. The summed E-state index contributed by atoms with van der Waals surface area (Å²) in [5.74, 6) is 1.27. The van der Waals surface area contributed by atoms with Gasteiger partial charge in [-0.1, -0.05) is 19.8 Å². The molecule has 3 fully saturated rings. The number of aromatic nitrogens is 4. The molecular formula is C19H29N6O4P. The number of ether oxygens (including phenoxy) is 1. The molecule has 30 heavy (non-hydrogen) atoms. The van der Waals surface area contributed by atoms with Gasteiger partial charge in [-0.2, -0.15) is 9.97 Å². The molecule has 1 aliphatic carbocycles. The molecule has 2 saturated heterocycles. The van der Waals surface area contributed by atoms with Crippen LogP contribution in [0.25, 0.3) is 11.2 Å². The average molecular weight is 436 g/mol. The molecule has 4 unspecified atom stereocenters. The summed E-state index contributed by atoms with van der Waals surface area (Å²) in [7, 11) is -1.86. The monoisotopic (exact) mass is 436 g/mol. The fourth-order valence-corrected chi connectivity index (χ4v) is 5.34. The second kappa shape index (κ2) is 8.51. The largest absolute Gasteiger partial charge is 0.368 e. The fraction of sp³-hybridized carbons (Fsp3) is 0.737. The number of nitrogens with zero attached hydrogens (tertiary/aromatic N) is 5. The molecule has 0 radical (unpaired) electrons. The van der Waals surface area contributed by atoms with E-state index in [4.69, 9.17) is 19.5 Å². The van der Waals surface area contributed by atoms with Crippen molar-refractivity contribution in [1.82, 2.24) is 19.5 Å². The highest BCUT2D eigenvalue weighted by Gasteiger charge is 2.36. The summed E-state index contributed by atoms with van der Waals surface area (Å²) < 4.78 is 19.4. The zero-order valence-corrected chi connectivity index (χ0v) is 18.1. The van der Waals surface area contributed by atoms with E-state index in [1.54, 1.807) is 6.33 Å². The molecular weight excluding hydrogens is 407 g/mol. The van der Waals surface area contributed by atoms with Crippen LogP contribution in [0.15, 0.2) is 6.33 Å². The van der Waals surface area contributed by atoms with Gasteiger partial charge in [0.05, 0.1) is 25.1 Å². The van der Waals surface area contributed by atoms with E-state index in [0.717, 1.165) is 62.9 Å². The normalized spacial score (nSPS) is 28.3. The number of hydrogen-bond donors (Lipinski definition) is 2. The van der Waals surface area contributed by atoms with Gasteiger partial charge in [0, 0.05) is 19.0 Å². The summed E-state index contributed by atoms with van der Waals surface area (Å²) in [6.45, 7) is 4.36. The van der Waals surface area contributed by atoms with Gasteiger partial charge in [-0.25, -0.2) is 4.98 Å². The van der Waals surface area contributed by atoms with E-state index in [-0.39, 0.29) is 30.3 Å². The van der Waals surface area contributed by atoms with Crippen molar-refractivity contribution in [2.45, 2.75) is 63.9 Å². The number of nitrogens with two attached hydrogens (primary N) is 1. The molecule has 164 valence electrons. The third kappa shape index (κ3) is 3.99. The van der Waals surface area contributed by atoms with Gasteiger partial charge < -0.3 is 29.3 Å². The number of nitrogen functional groups attached to an aromatic ring is 1. The Bertz CT molecular complexity index is 887. The lowest BCUT2D eigenvalue weighted by Gasteiger charge is -2.32. The van der Waals surface area contributed by atoms with Crippen molar-refractivity contribution < 1.29 is 18.7 Å². The van der Waals surface area contributed by atoms with Crippen molar-refractivity contribution in [2.75, 3.05) is 30.3 Å². The van der Waals surface area contributed by atoms with E-state index < -0.39 is 8.60 Å². The van der Waals surface area contributed by atoms with Crippen LogP contribution < -0.4 is 10.6 Å². The van der Waals surface area contributed by atoms with Crippen molar-refractivity contribution in [2.24, 2.45) is 5.92 Å². The van der Waals surface area contributed by atoms with Crippen LogP contribution in [0.1, 0.15) is 51.7 Å². The minimum absolute atomic E-state index is 0.124. The van der Waals surface area contributed by atoms with Crippen LogP contribution in [0.5, 0.6) is 0 Å². The third-order valence-corrected chi connectivity index (χ3v) is 7.06. The van der Waals surface area contributed by atoms with Crippen LogP contribution in [0.2, 0.25) is 0 Å². The minimum Gasteiger partial charge on any atom is -0.368 e. The Morgan fingerprint density at radius 1 is 1.27 bits per heavy atom. The van der Waals surface area contributed by atoms with Crippen LogP contribution in [-0.2, 0) is 13.8 Å². The van der Waals surface area contributed by atoms with Gasteiger partial charge in [0.15, 0.2) is 17.0 Å². The first-order valence-electron chi connectivity index (χ1n) is 10.8. The second-order valence-corrected chi connectivity index (χ2v) is 9.42. The lowest BCUT2D eigenvalue weighted by Crippen LogP contribution is -2.38. The molecule has 0 bridgehead atoms. The van der Waals surface area contributed by atoms with Gasteiger partial charge in [-0.15, -0.1) is 0 Å². The molecule has 2 aliphatic heterocycles. The summed E-state index contributed by atoms with van der Waals surface area (Å²) in [6.07, 6.45) is 7.82. The second-order valence-electron chi connectivity index (χ2n) is 8.48. The zero-order chi connectivity index (χ0) is 20.7. The first kappa shape index (κ1) is 20.3. The Hall–Kier alpha value is -1.58. The van der Waals surface area contributed by atoms with Gasteiger partial charge in [-0.3, -0.25) is 4.57 Å². The molecule has 0 aromatic carbocycles. The molecule has 4 atom stereocenters. The summed E-state index contributed by atoms with van der Waals surface area (Å²) in [4.78, 5) is 25.7. The summed E-state index contributed by atoms with van der Waals surface area (Å²) >= 11 is 0. The number of anilines is 2. The molecule has 5 rings (SSSR count). The van der Waals surface area contributed by atoms with Crippen LogP contribution in [0, 0.1) is 5.92 Å². The van der Waals surface area contributed by atoms with E-state index in [2.05, 4.69) is 26.8 Å². The molecule has 1 saturated carbocycles. The highest BCUT2D eigenvalue weighted by Crippen LogP contribution is 2.42. The number of hydrogen-bond acceptors (Lipinski definition) is 9. The molecule has 0 spiro atoms. The lowest BCUT2D eigenvalue weighted by atomic mass is 10.1. The Labute approximate surface area is 176 Å². The maximum absolute atomic E-state index is 10.1. The quantitative estimate of drug-likeness (QED) is 0.631. The number of rotatable bonds is 7. The molecule has 10 nitrogen and oxygen atoms in total. The Morgan fingerprint density at radius 3 is 2.80 bits per heavy atom. The molecule has 2 aromatic rings. The van der Waals surface area contributed by atoms with Crippen LogP contribution >= 0.6 is 8.60 Å². The van der Waals surface area contributed by atoms with Crippen LogP contribution in [0.3, 0.4) is 0 Å². The standard InChI is InChI=1S/C19H29N6O4P/c1-12-9-14(10-27-30(26)29-13-5-2-3-6-13)28-18(12)25-11-21-15-16(24-7-4-8-24)22-19(20)23-17(15)25/h11-14,18,26H,2-10H2,1H3,(H2,20,22,23). The van der Waals surface area contributed by atoms with Crippen LogP contribution in [-0.4, -0.2) is 56.3 Å². The number of imidazole rings is 1. The van der Waals surface area contributed by atoms with Crippen molar-refractivity contribution >= 4 is 31.5 Å². The van der Waals surface area contributed by atoms with Crippen molar-refractivity contribution in [1.29, 1.82) is 0 Å². The minimum atomic E-state index is -1.86. The Morgan fingerprint density at radius 2 is 2.07 bits per heavy atom. The zero-order valence-electron chi connectivity index (χ0n) is 17.2. The predicted molar refractivity (Wildman–Crippen MR) is 113 cm³/mol. The highest BCUT2D eigenvalue weighted by molar-refractivity contribution is 7.40. The van der Waals surface area contributed by atoms with Crippen molar-refractivity contribution in [3.05, 3.63) is 6.33 Å². The highest BCUT2D eigenvalue weighted by atomic mass is 31.2. The Balaban J connectivity index is 1.26. The molecule has 3 aliphatic rings. The van der Waals surface area contributed by atoms with Gasteiger partial charge in [0.1, 0.15) is 6.23 Å². The number of fused-ring (bicyclic) bond motifs is 1. The van der Waals surface area contributed by atoms with Crippen LogP contribution in [0.4, 0.5) is 11.8 Å². The first-order chi connectivity index (χ1) is 14.6. The van der Waals surface area contributed by atoms with Gasteiger partial charge in [-0.05, 0) is 25.7 Å². The maximum Gasteiger partial charge on any atom is 0.330 e. The lowest BCUT2D eigenvalue weighted by molar-refractivity contribution is -0.0284. The maximum atomic E-state index is 10.1. The van der Waals surface area contributed by atoms with E-state index in [1.807, 2.05) is 4.57 Å². The Kier molecular flexibility index (Phi) is 5.77. The molecule has 3 N–H and O–H groups in total. The summed E-state index contributed by atoms with van der Waals surface area (Å²) in [5.41, 5.74) is 7.43. The summed E-state index contributed by atoms with van der Waals surface area (Å²) in [5, 5.41) is 0. The first-order valence-corrected chi connectivity index (χ1v) is 11.9. The molecule has 2 aromatic heterocycles. The van der Waals surface area contributed by atoms with Gasteiger partial charge in [0.25, 0.3) is 0 Å². The molecule has 0 amide bonds. The van der Waals surface area contributed by atoms with Gasteiger partial charge >= 0.3 is 8.60 Å². The summed E-state index contributed by atoms with van der Waals surface area (Å²) in [6, 6.07) is 0. The molecule has 11 heteroatoms. The fourth-order valence-electron chi connectivity index (χ4n) is 4.52. The third-order valence-electron chi connectivity index (χ3n) is 6.22. The molecule has 4 heterocycles. The topological polar surface area (TPSA) is 121 Å². The smallest absolute Gasteiger partial charge is 0.330 e. The van der Waals surface area contributed by atoms with Crippen molar-refractivity contribution in [3.8, 4) is 0 Å².